The van der Waals surface area contributed by atoms with Crippen LogP contribution in [0.15, 0.2) is 76.2 Å². The minimum Gasteiger partial charge on any atom is -0.492 e. The van der Waals surface area contributed by atoms with Crippen LogP contribution in [0, 0.1) is 6.92 Å². The van der Waals surface area contributed by atoms with Gasteiger partial charge in [-0.15, -0.1) is 0 Å². The Bertz CT molecular complexity index is 1580. The molecule has 37 heavy (non-hydrogen) atoms. The summed E-state index contributed by atoms with van der Waals surface area (Å²) in [5, 5.41) is 0.668. The first-order valence-electron chi connectivity index (χ1n) is 11.6. The first-order valence-corrected chi connectivity index (χ1v) is 13.2. The van der Waals surface area contributed by atoms with Crippen molar-refractivity contribution in [3.8, 4) is 17.2 Å². The van der Waals surface area contributed by atoms with Gasteiger partial charge in [0.15, 0.2) is 11.5 Å². The smallest absolute Gasteiger partial charge is 0.298 e. The first kappa shape index (κ1) is 23.7. The summed E-state index contributed by atoms with van der Waals surface area (Å²) in [6.07, 6.45) is 3.78. The summed E-state index contributed by atoms with van der Waals surface area (Å²) in [7, 11) is 0. The second-order valence-electron chi connectivity index (χ2n) is 8.66. The number of carbonyl (C=O) groups excluding carboxylic acids is 2. The second kappa shape index (κ2) is 9.64. The number of amides is 2. The fourth-order valence-corrected chi connectivity index (χ4v) is 5.54. The van der Waals surface area contributed by atoms with E-state index in [4.69, 9.17) is 14.2 Å². The molecule has 2 amide bonds. The van der Waals surface area contributed by atoms with Gasteiger partial charge in [-0.2, -0.15) is 0 Å². The van der Waals surface area contributed by atoms with Crippen LogP contribution in [0.5, 0.6) is 17.2 Å². The molecule has 4 aromatic rings. The normalized spacial score (nSPS) is 15.8. The summed E-state index contributed by atoms with van der Waals surface area (Å²) in [5.41, 5.74) is 3.49. The van der Waals surface area contributed by atoms with E-state index in [2.05, 4.69) is 20.5 Å². The summed E-state index contributed by atoms with van der Waals surface area (Å²) >= 11 is 4.51. The van der Waals surface area contributed by atoms with E-state index in [1.807, 2.05) is 61.7 Å². The van der Waals surface area contributed by atoms with Gasteiger partial charge in [-0.25, -0.2) is 4.90 Å². The van der Waals surface area contributed by atoms with Gasteiger partial charge >= 0.3 is 0 Å². The number of thioether (sulfide) groups is 1. The molecule has 1 saturated heterocycles. The lowest BCUT2D eigenvalue weighted by atomic mass is 10.1. The van der Waals surface area contributed by atoms with Crippen molar-refractivity contribution >= 4 is 61.5 Å². The molecular formula is C28H21BrN2O5S. The number of imide groups is 1. The number of hydrogen-bond donors (Lipinski definition) is 0. The monoisotopic (exact) mass is 576 g/mol. The van der Waals surface area contributed by atoms with Crippen molar-refractivity contribution in [1.29, 1.82) is 0 Å². The van der Waals surface area contributed by atoms with Crippen molar-refractivity contribution in [2.75, 3.05) is 18.3 Å². The SMILES string of the molecule is Cc1ccc(N2C(=O)S/C(=C\c3cn(CCOc4ccc5c(c4)OCO5)c4ccc(Br)cc34)C2=O)cc1. The number of halogens is 1. The molecule has 0 spiro atoms. The van der Waals surface area contributed by atoms with E-state index in [0.717, 1.165) is 38.3 Å². The number of carbonyl (C=O) groups is 2. The van der Waals surface area contributed by atoms with Crippen LogP contribution in [0.1, 0.15) is 11.1 Å². The zero-order valence-corrected chi connectivity index (χ0v) is 22.2. The van der Waals surface area contributed by atoms with E-state index in [-0.39, 0.29) is 17.9 Å². The zero-order valence-electron chi connectivity index (χ0n) is 19.8. The Hall–Kier alpha value is -3.69. The minimum atomic E-state index is -0.319. The van der Waals surface area contributed by atoms with Crippen molar-refractivity contribution in [2.24, 2.45) is 0 Å². The van der Waals surface area contributed by atoms with Gasteiger partial charge in [0.2, 0.25) is 6.79 Å². The number of nitrogens with zero attached hydrogens (tertiary/aromatic N) is 2. The van der Waals surface area contributed by atoms with Gasteiger partial charge in [0.25, 0.3) is 11.1 Å². The summed E-state index contributed by atoms with van der Waals surface area (Å²) in [6, 6.07) is 18.9. The van der Waals surface area contributed by atoms with E-state index >= 15 is 0 Å². The molecule has 7 nitrogen and oxygen atoms in total. The zero-order chi connectivity index (χ0) is 25.5. The van der Waals surface area contributed by atoms with E-state index in [0.29, 0.717) is 41.0 Å². The average molecular weight is 577 g/mol. The Morgan fingerprint density at radius 3 is 2.68 bits per heavy atom. The molecule has 0 unspecified atom stereocenters. The van der Waals surface area contributed by atoms with Crippen LogP contribution in [-0.4, -0.2) is 29.1 Å². The summed E-state index contributed by atoms with van der Waals surface area (Å²) < 4.78 is 19.8. The van der Waals surface area contributed by atoms with Gasteiger partial charge in [-0.05, 0) is 67.2 Å². The van der Waals surface area contributed by atoms with E-state index in [1.165, 1.54) is 4.90 Å². The van der Waals surface area contributed by atoms with Crippen LogP contribution in [0.2, 0.25) is 0 Å². The lowest BCUT2D eigenvalue weighted by Gasteiger charge is -2.12. The van der Waals surface area contributed by atoms with Crippen LogP contribution in [0.25, 0.3) is 17.0 Å². The number of ether oxygens (including phenoxy) is 3. The minimum absolute atomic E-state index is 0.219. The maximum absolute atomic E-state index is 13.2. The number of rotatable bonds is 6. The summed E-state index contributed by atoms with van der Waals surface area (Å²) in [5.74, 6) is 1.77. The molecule has 0 bridgehead atoms. The highest BCUT2D eigenvalue weighted by Gasteiger charge is 2.36. The molecule has 6 rings (SSSR count). The van der Waals surface area contributed by atoms with Gasteiger partial charge in [0, 0.05) is 33.2 Å². The van der Waals surface area contributed by atoms with Crippen LogP contribution >= 0.6 is 27.7 Å². The Morgan fingerprint density at radius 2 is 1.84 bits per heavy atom. The highest BCUT2D eigenvalue weighted by atomic mass is 79.9. The molecule has 2 aliphatic rings. The third-order valence-electron chi connectivity index (χ3n) is 6.19. The number of benzene rings is 3. The van der Waals surface area contributed by atoms with E-state index < -0.39 is 0 Å². The van der Waals surface area contributed by atoms with Crippen molar-refractivity contribution in [3.63, 3.8) is 0 Å². The molecule has 0 saturated carbocycles. The number of aryl methyl sites for hydroxylation is 1. The lowest BCUT2D eigenvalue weighted by molar-refractivity contribution is -0.113. The highest BCUT2D eigenvalue weighted by molar-refractivity contribution is 9.10. The molecule has 1 fully saturated rings. The van der Waals surface area contributed by atoms with E-state index in [9.17, 15) is 9.59 Å². The third kappa shape index (κ3) is 4.60. The molecule has 0 aliphatic carbocycles. The van der Waals surface area contributed by atoms with Crippen LogP contribution in [0.3, 0.4) is 0 Å². The molecule has 0 atom stereocenters. The summed E-state index contributed by atoms with van der Waals surface area (Å²) in [4.78, 5) is 27.5. The fourth-order valence-electron chi connectivity index (χ4n) is 4.35. The molecule has 1 aromatic heterocycles. The van der Waals surface area contributed by atoms with E-state index in [1.54, 1.807) is 18.2 Å². The molecule has 9 heteroatoms. The Balaban J connectivity index is 1.25. The molecule has 0 N–H and O–H groups in total. The summed E-state index contributed by atoms with van der Waals surface area (Å²) in [6.45, 7) is 3.21. The van der Waals surface area contributed by atoms with Gasteiger partial charge in [0.1, 0.15) is 12.4 Å². The molecule has 3 aromatic carbocycles. The van der Waals surface area contributed by atoms with Gasteiger partial charge in [0.05, 0.1) is 17.1 Å². The predicted octanol–water partition coefficient (Wildman–Crippen LogP) is 6.76. The van der Waals surface area contributed by atoms with Crippen molar-refractivity contribution in [3.05, 3.63) is 87.4 Å². The number of hydrogen-bond acceptors (Lipinski definition) is 6. The number of fused-ring (bicyclic) bond motifs is 2. The number of anilines is 1. The average Bonchev–Trinajstić information content (AvgIpc) is 3.56. The topological polar surface area (TPSA) is 70.0 Å². The van der Waals surface area contributed by atoms with Gasteiger partial charge < -0.3 is 18.8 Å². The molecular weight excluding hydrogens is 556 g/mol. The Morgan fingerprint density at radius 1 is 1.03 bits per heavy atom. The maximum Gasteiger partial charge on any atom is 0.298 e. The van der Waals surface area contributed by atoms with Crippen molar-refractivity contribution in [2.45, 2.75) is 13.5 Å². The number of aromatic nitrogens is 1. The van der Waals surface area contributed by atoms with Crippen LogP contribution in [0.4, 0.5) is 10.5 Å². The molecule has 0 radical (unpaired) electrons. The maximum atomic E-state index is 13.2. The second-order valence-corrected chi connectivity index (χ2v) is 10.6. The first-order chi connectivity index (χ1) is 18.0. The quantitative estimate of drug-likeness (QED) is 0.236. The van der Waals surface area contributed by atoms with Crippen LogP contribution in [-0.2, 0) is 11.3 Å². The van der Waals surface area contributed by atoms with Gasteiger partial charge in [-0.1, -0.05) is 33.6 Å². The molecule has 2 aliphatic heterocycles. The van der Waals surface area contributed by atoms with Gasteiger partial charge in [-0.3, -0.25) is 9.59 Å². The van der Waals surface area contributed by atoms with Crippen LogP contribution < -0.4 is 19.1 Å². The fraction of sp³-hybridized carbons (Fsp3) is 0.143. The van der Waals surface area contributed by atoms with Crippen molar-refractivity contribution in [1.82, 2.24) is 4.57 Å². The Labute approximate surface area is 225 Å². The third-order valence-corrected chi connectivity index (χ3v) is 7.55. The largest absolute Gasteiger partial charge is 0.492 e. The van der Waals surface area contributed by atoms with Crippen molar-refractivity contribution < 1.29 is 23.8 Å². The highest BCUT2D eigenvalue weighted by Crippen LogP contribution is 2.38. The lowest BCUT2D eigenvalue weighted by Crippen LogP contribution is -2.27. The molecule has 3 heterocycles. The molecule has 186 valence electrons. The Kier molecular flexibility index (Phi) is 6.18. The standard InChI is InChI=1S/C28H21BrN2O5S/c1-17-2-5-20(6-3-17)31-27(32)26(37-28(31)33)12-18-15-30(23-8-4-19(29)13-22(18)23)10-11-34-21-7-9-24-25(14-21)36-16-35-24/h2-9,12-15H,10-11,16H2,1H3/b26-12-. The predicted molar refractivity (Wildman–Crippen MR) is 147 cm³/mol.